The zero-order valence-electron chi connectivity index (χ0n) is 26.2. The van der Waals surface area contributed by atoms with E-state index in [-0.39, 0.29) is 0 Å². The fraction of sp³-hybridized carbons (Fsp3) is 0. The number of fused-ring (bicyclic) bond motifs is 10. The standard InChI is InChI=1S/C46H26O2S/c1-2-11-27(12-3-1)38-26-47-40-24-22-34-37-25-28(21-23-39(37)48-45(34)44(38)40)42-30-14-4-6-16-32(30)43(33-17-7-5-15-31(33)42)36-19-10-18-35-29-13-8-9-20-41(29)49-46(35)36/h1-26H. The Balaban J connectivity index is 1.19. The first-order valence-electron chi connectivity index (χ1n) is 16.6. The van der Waals surface area contributed by atoms with Gasteiger partial charge in [-0.3, -0.25) is 0 Å². The van der Waals surface area contributed by atoms with Crippen LogP contribution in [-0.2, 0) is 0 Å². The van der Waals surface area contributed by atoms with Gasteiger partial charge in [0.2, 0.25) is 0 Å². The van der Waals surface area contributed by atoms with E-state index in [9.17, 15) is 0 Å². The number of thiophene rings is 1. The zero-order chi connectivity index (χ0) is 32.1. The largest absolute Gasteiger partial charge is 0.464 e. The topological polar surface area (TPSA) is 26.3 Å². The Labute approximate surface area is 285 Å². The van der Waals surface area contributed by atoms with Crippen molar-refractivity contribution in [3.8, 4) is 33.4 Å². The molecule has 0 saturated heterocycles. The van der Waals surface area contributed by atoms with Gasteiger partial charge in [-0.25, -0.2) is 0 Å². The van der Waals surface area contributed by atoms with Gasteiger partial charge >= 0.3 is 0 Å². The molecule has 8 aromatic carbocycles. The van der Waals surface area contributed by atoms with Crippen molar-refractivity contribution in [1.82, 2.24) is 0 Å². The highest BCUT2D eigenvalue weighted by Crippen LogP contribution is 2.48. The maximum absolute atomic E-state index is 6.64. The molecule has 11 rings (SSSR count). The van der Waals surface area contributed by atoms with Crippen LogP contribution in [0.15, 0.2) is 167 Å². The fourth-order valence-corrected chi connectivity index (χ4v) is 9.24. The average Bonchev–Trinajstić information content (AvgIpc) is 3.87. The van der Waals surface area contributed by atoms with Crippen molar-refractivity contribution in [2.24, 2.45) is 0 Å². The minimum absolute atomic E-state index is 0.826. The average molecular weight is 643 g/mol. The third kappa shape index (κ3) is 3.82. The Bertz CT molecular complexity index is 3050. The molecular weight excluding hydrogens is 617 g/mol. The van der Waals surface area contributed by atoms with Crippen molar-refractivity contribution in [3.63, 3.8) is 0 Å². The monoisotopic (exact) mass is 642 g/mol. The summed E-state index contributed by atoms with van der Waals surface area (Å²) in [5, 5.41) is 10.8. The Morgan fingerprint density at radius 3 is 1.84 bits per heavy atom. The van der Waals surface area contributed by atoms with Crippen LogP contribution in [0.2, 0.25) is 0 Å². The summed E-state index contributed by atoms with van der Waals surface area (Å²) >= 11 is 1.89. The second kappa shape index (κ2) is 10.2. The molecule has 0 fully saturated rings. The first kappa shape index (κ1) is 26.9. The molecule has 3 aromatic heterocycles. The molecule has 0 saturated carbocycles. The molecule has 11 aromatic rings. The van der Waals surface area contributed by atoms with E-state index >= 15 is 0 Å². The van der Waals surface area contributed by atoms with E-state index in [1.807, 2.05) is 23.7 Å². The van der Waals surface area contributed by atoms with E-state index < -0.39 is 0 Å². The summed E-state index contributed by atoms with van der Waals surface area (Å²) in [7, 11) is 0. The van der Waals surface area contributed by atoms with Gasteiger partial charge in [0.05, 0.1) is 11.6 Å². The Morgan fingerprint density at radius 1 is 0.408 bits per heavy atom. The van der Waals surface area contributed by atoms with E-state index in [0.717, 1.165) is 44.0 Å². The van der Waals surface area contributed by atoms with Crippen molar-refractivity contribution < 1.29 is 8.83 Å². The lowest BCUT2D eigenvalue weighted by Crippen LogP contribution is -1.91. The molecule has 0 radical (unpaired) electrons. The third-order valence-corrected chi connectivity index (χ3v) is 11.4. The lowest BCUT2D eigenvalue weighted by atomic mass is 9.85. The van der Waals surface area contributed by atoms with E-state index in [1.54, 1.807) is 0 Å². The van der Waals surface area contributed by atoms with E-state index in [1.165, 1.54) is 64.0 Å². The van der Waals surface area contributed by atoms with Crippen LogP contribution in [0.1, 0.15) is 0 Å². The maximum Gasteiger partial charge on any atom is 0.147 e. The van der Waals surface area contributed by atoms with Crippen LogP contribution >= 0.6 is 11.3 Å². The first-order valence-corrected chi connectivity index (χ1v) is 17.4. The second-order valence-electron chi connectivity index (χ2n) is 12.8. The molecule has 3 heterocycles. The number of furan rings is 2. The van der Waals surface area contributed by atoms with Crippen molar-refractivity contribution in [1.29, 1.82) is 0 Å². The van der Waals surface area contributed by atoms with Gasteiger partial charge in [-0.05, 0) is 74.1 Å². The van der Waals surface area contributed by atoms with Gasteiger partial charge in [0.15, 0.2) is 0 Å². The maximum atomic E-state index is 6.64. The molecule has 0 bridgehead atoms. The summed E-state index contributed by atoms with van der Waals surface area (Å²) < 4.78 is 15.3. The highest BCUT2D eigenvalue weighted by molar-refractivity contribution is 7.26. The molecule has 0 N–H and O–H groups in total. The fourth-order valence-electron chi connectivity index (χ4n) is 8.02. The Kier molecular flexibility index (Phi) is 5.57. The van der Waals surface area contributed by atoms with E-state index in [2.05, 4.69) is 146 Å². The molecule has 0 aliphatic carbocycles. The van der Waals surface area contributed by atoms with Crippen LogP contribution < -0.4 is 0 Å². The second-order valence-corrected chi connectivity index (χ2v) is 13.8. The molecule has 228 valence electrons. The summed E-state index contributed by atoms with van der Waals surface area (Å²) in [5.41, 5.74) is 9.69. The smallest absolute Gasteiger partial charge is 0.147 e. The molecule has 49 heavy (non-hydrogen) atoms. The number of benzene rings is 8. The van der Waals surface area contributed by atoms with Gasteiger partial charge in [-0.2, -0.15) is 0 Å². The van der Waals surface area contributed by atoms with E-state index in [4.69, 9.17) is 8.83 Å². The number of hydrogen-bond donors (Lipinski definition) is 0. The molecule has 3 heteroatoms. The van der Waals surface area contributed by atoms with Crippen LogP contribution in [0.5, 0.6) is 0 Å². The van der Waals surface area contributed by atoms with Gasteiger partial charge in [0.25, 0.3) is 0 Å². The Morgan fingerprint density at radius 2 is 1.06 bits per heavy atom. The summed E-state index contributed by atoms with van der Waals surface area (Å²) in [6, 6.07) is 54.6. The van der Waals surface area contributed by atoms with Crippen molar-refractivity contribution in [3.05, 3.63) is 158 Å². The van der Waals surface area contributed by atoms with Gasteiger partial charge in [0, 0.05) is 42.1 Å². The molecule has 0 atom stereocenters. The quantitative estimate of drug-likeness (QED) is 0.179. The molecule has 0 spiro atoms. The van der Waals surface area contributed by atoms with Gasteiger partial charge in [0.1, 0.15) is 16.7 Å². The number of hydrogen-bond acceptors (Lipinski definition) is 3. The predicted octanol–water partition coefficient (Wildman–Crippen LogP) is 14.0. The van der Waals surface area contributed by atoms with Crippen LogP contribution in [0.25, 0.3) is 108 Å². The van der Waals surface area contributed by atoms with Crippen molar-refractivity contribution in [2.75, 3.05) is 0 Å². The number of rotatable bonds is 3. The molecular formula is C46H26O2S. The van der Waals surface area contributed by atoms with Crippen LogP contribution in [-0.4, -0.2) is 0 Å². The van der Waals surface area contributed by atoms with Gasteiger partial charge < -0.3 is 8.83 Å². The van der Waals surface area contributed by atoms with Crippen LogP contribution in [0.4, 0.5) is 0 Å². The summed E-state index contributed by atoms with van der Waals surface area (Å²) in [6.07, 6.45) is 1.84. The van der Waals surface area contributed by atoms with Crippen molar-refractivity contribution >= 4 is 86.0 Å². The zero-order valence-corrected chi connectivity index (χ0v) is 27.1. The molecule has 0 aliphatic rings. The summed E-state index contributed by atoms with van der Waals surface area (Å²) in [5.74, 6) is 0. The normalized spacial score (nSPS) is 12.1. The first-order chi connectivity index (χ1) is 24.3. The molecule has 0 amide bonds. The van der Waals surface area contributed by atoms with Crippen molar-refractivity contribution in [2.45, 2.75) is 0 Å². The van der Waals surface area contributed by atoms with Crippen LogP contribution in [0, 0.1) is 0 Å². The highest BCUT2D eigenvalue weighted by atomic mass is 32.1. The van der Waals surface area contributed by atoms with Crippen LogP contribution in [0.3, 0.4) is 0 Å². The lowest BCUT2D eigenvalue weighted by molar-refractivity contribution is 0.616. The third-order valence-electron chi connectivity index (χ3n) is 10.2. The SMILES string of the molecule is c1ccc(-c2coc3ccc4c5cc(-c6c7ccccc7c(-c7cccc8c7sc7ccccc78)c7ccccc67)ccc5oc4c23)cc1. The molecule has 0 aliphatic heterocycles. The minimum Gasteiger partial charge on any atom is -0.464 e. The molecule has 2 nitrogen and oxygen atoms in total. The highest BCUT2D eigenvalue weighted by Gasteiger charge is 2.21. The predicted molar refractivity (Wildman–Crippen MR) is 208 cm³/mol. The summed E-state index contributed by atoms with van der Waals surface area (Å²) in [6.45, 7) is 0. The Hall–Kier alpha value is -6.16. The van der Waals surface area contributed by atoms with Gasteiger partial charge in [-0.15, -0.1) is 11.3 Å². The van der Waals surface area contributed by atoms with Gasteiger partial charge in [-0.1, -0.05) is 121 Å². The van der Waals surface area contributed by atoms with E-state index in [0.29, 0.717) is 0 Å². The lowest BCUT2D eigenvalue weighted by Gasteiger charge is -2.18. The summed E-state index contributed by atoms with van der Waals surface area (Å²) in [4.78, 5) is 0. The minimum atomic E-state index is 0.826. The molecule has 0 unspecified atom stereocenters.